The minimum atomic E-state index is -0.154. The minimum Gasteiger partial charge on any atom is -0.340 e. The van der Waals surface area contributed by atoms with Gasteiger partial charge in [-0.3, -0.25) is 4.99 Å². The summed E-state index contributed by atoms with van der Waals surface area (Å²) in [5, 5.41) is 3.86. The monoisotopic (exact) mass is 263 g/mol. The quantitative estimate of drug-likeness (QED) is 0.846. The lowest BCUT2D eigenvalue weighted by molar-refractivity contribution is 0.251. The molecule has 1 aromatic rings. The number of rotatable bonds is 1. The van der Waals surface area contributed by atoms with Crippen molar-refractivity contribution in [2.45, 2.75) is 19.1 Å². The molecular formula is C13H17N3OS. The third-order valence-corrected chi connectivity index (χ3v) is 3.76. The topological polar surface area (TPSA) is 44.7 Å². The van der Waals surface area contributed by atoms with Crippen molar-refractivity contribution in [3.63, 3.8) is 0 Å². The predicted octanol–water partition coefficient (Wildman–Crippen LogP) is 2.63. The first-order valence-corrected chi connectivity index (χ1v) is 6.79. The zero-order valence-corrected chi connectivity index (χ0v) is 11.6. The normalized spacial score (nSPS) is 18.4. The smallest absolute Gasteiger partial charge is 0.327 e. The Morgan fingerprint density at radius 2 is 2.11 bits per heavy atom. The molecule has 1 aliphatic heterocycles. The van der Waals surface area contributed by atoms with Gasteiger partial charge in [-0.05, 0) is 19.1 Å². The van der Waals surface area contributed by atoms with E-state index in [0.29, 0.717) is 5.25 Å². The third kappa shape index (κ3) is 2.67. The summed E-state index contributed by atoms with van der Waals surface area (Å²) < 4.78 is 0. The molecule has 1 N–H and O–H groups in total. The number of nitrogens with one attached hydrogen (secondary N) is 1. The van der Waals surface area contributed by atoms with Gasteiger partial charge >= 0.3 is 6.03 Å². The molecule has 96 valence electrons. The number of benzene rings is 1. The molecule has 5 heteroatoms. The number of carbonyl (C=O) groups is 1. The van der Waals surface area contributed by atoms with Crippen LogP contribution in [-0.2, 0) is 0 Å². The van der Waals surface area contributed by atoms with Gasteiger partial charge in [0.05, 0.1) is 12.2 Å². The molecule has 1 atom stereocenters. The van der Waals surface area contributed by atoms with Crippen LogP contribution in [0.4, 0.5) is 10.5 Å². The summed E-state index contributed by atoms with van der Waals surface area (Å²) in [5.74, 6) is 0. The number of nitrogens with zero attached hydrogens (tertiary/aromatic N) is 2. The molecule has 1 unspecified atom stereocenters. The molecule has 2 rings (SSSR count). The van der Waals surface area contributed by atoms with Gasteiger partial charge in [0.2, 0.25) is 0 Å². The Labute approximate surface area is 111 Å². The van der Waals surface area contributed by atoms with Gasteiger partial charge in [-0.1, -0.05) is 36.4 Å². The molecule has 0 aliphatic carbocycles. The molecule has 4 nitrogen and oxygen atoms in total. The maximum Gasteiger partial charge on any atom is 0.327 e. The lowest BCUT2D eigenvalue weighted by Crippen LogP contribution is -2.41. The van der Waals surface area contributed by atoms with Gasteiger partial charge in [-0.15, -0.1) is 0 Å². The first kappa shape index (κ1) is 13.0. The summed E-state index contributed by atoms with van der Waals surface area (Å²) >= 11 is 1.63. The van der Waals surface area contributed by atoms with E-state index in [2.05, 4.69) is 17.2 Å². The zero-order chi connectivity index (χ0) is 13.1. The van der Waals surface area contributed by atoms with Crippen molar-refractivity contribution < 1.29 is 4.79 Å². The number of carbonyl (C=O) groups excluding carboxylic acids is 1. The van der Waals surface area contributed by atoms with E-state index in [0.717, 1.165) is 17.4 Å². The van der Waals surface area contributed by atoms with E-state index in [1.165, 1.54) is 5.56 Å². The predicted molar refractivity (Wildman–Crippen MR) is 77.5 cm³/mol. The van der Waals surface area contributed by atoms with Crippen molar-refractivity contribution in [1.82, 2.24) is 5.32 Å². The van der Waals surface area contributed by atoms with Crippen LogP contribution in [0, 0.1) is 6.92 Å². The second kappa shape index (κ2) is 5.44. The molecule has 0 aromatic heterocycles. The van der Waals surface area contributed by atoms with Crippen molar-refractivity contribution in [2.24, 2.45) is 4.99 Å². The van der Waals surface area contributed by atoms with Gasteiger partial charge in [0.15, 0.2) is 5.17 Å². The van der Waals surface area contributed by atoms with Crippen molar-refractivity contribution in [3.8, 4) is 0 Å². The lowest BCUT2D eigenvalue weighted by atomic mass is 10.2. The molecule has 18 heavy (non-hydrogen) atoms. The fourth-order valence-corrected chi connectivity index (χ4v) is 2.66. The van der Waals surface area contributed by atoms with Crippen LogP contribution in [0.2, 0.25) is 0 Å². The van der Waals surface area contributed by atoms with Crippen LogP contribution >= 0.6 is 11.8 Å². The van der Waals surface area contributed by atoms with Gasteiger partial charge < -0.3 is 5.32 Å². The third-order valence-electron chi connectivity index (χ3n) is 2.69. The Hall–Kier alpha value is -1.49. The number of urea groups is 1. The highest BCUT2D eigenvalue weighted by atomic mass is 32.2. The van der Waals surface area contributed by atoms with Crippen molar-refractivity contribution in [1.29, 1.82) is 0 Å². The number of hydrogen-bond donors (Lipinski definition) is 1. The fraction of sp³-hybridized carbons (Fsp3) is 0.385. The molecule has 0 fully saturated rings. The second-order valence-corrected chi connectivity index (χ2v) is 5.68. The van der Waals surface area contributed by atoms with Gasteiger partial charge in [-0.2, -0.15) is 0 Å². The second-order valence-electron chi connectivity index (χ2n) is 4.28. The Balaban J connectivity index is 2.31. The lowest BCUT2D eigenvalue weighted by Gasteiger charge is -2.21. The van der Waals surface area contributed by atoms with E-state index in [4.69, 9.17) is 0 Å². The molecule has 1 aromatic carbocycles. The van der Waals surface area contributed by atoms with Crippen molar-refractivity contribution >= 4 is 28.6 Å². The highest BCUT2D eigenvalue weighted by Gasteiger charge is 2.26. The van der Waals surface area contributed by atoms with E-state index in [1.54, 1.807) is 23.7 Å². The SMILES string of the molecule is CNC(=O)N(C1=NCC(C)S1)c1ccc(C)cc1. The molecule has 1 aliphatic rings. The molecule has 0 radical (unpaired) electrons. The first-order valence-electron chi connectivity index (χ1n) is 5.91. The van der Waals surface area contributed by atoms with Crippen LogP contribution in [0.3, 0.4) is 0 Å². The largest absolute Gasteiger partial charge is 0.340 e. The maximum absolute atomic E-state index is 12.0. The Morgan fingerprint density at radius 1 is 1.44 bits per heavy atom. The number of amides is 2. The average Bonchev–Trinajstić information content (AvgIpc) is 2.78. The summed E-state index contributed by atoms with van der Waals surface area (Å²) in [7, 11) is 1.63. The number of aliphatic imine (C=N–C) groups is 1. The molecule has 2 amide bonds. The fourth-order valence-electron chi connectivity index (χ4n) is 1.70. The minimum absolute atomic E-state index is 0.154. The van der Waals surface area contributed by atoms with Gasteiger partial charge in [0, 0.05) is 12.3 Å². The Morgan fingerprint density at radius 3 is 2.61 bits per heavy atom. The Kier molecular flexibility index (Phi) is 3.91. The van der Waals surface area contributed by atoms with Crippen molar-refractivity contribution in [2.75, 3.05) is 18.5 Å². The summed E-state index contributed by atoms with van der Waals surface area (Å²) in [6, 6.07) is 7.72. The number of amidine groups is 1. The van der Waals surface area contributed by atoms with E-state index < -0.39 is 0 Å². The summed E-state index contributed by atoms with van der Waals surface area (Å²) in [5.41, 5.74) is 2.02. The average molecular weight is 263 g/mol. The van der Waals surface area contributed by atoms with E-state index in [-0.39, 0.29) is 6.03 Å². The van der Waals surface area contributed by atoms with Crippen LogP contribution in [0.15, 0.2) is 29.3 Å². The highest BCUT2D eigenvalue weighted by molar-refractivity contribution is 8.15. The maximum atomic E-state index is 12.0. The van der Waals surface area contributed by atoms with Crippen LogP contribution in [-0.4, -0.2) is 30.0 Å². The highest BCUT2D eigenvalue weighted by Crippen LogP contribution is 2.27. The van der Waals surface area contributed by atoms with Crippen LogP contribution in [0.25, 0.3) is 0 Å². The number of thioether (sulfide) groups is 1. The van der Waals surface area contributed by atoms with Gasteiger partial charge in [0.25, 0.3) is 0 Å². The van der Waals surface area contributed by atoms with E-state index in [1.807, 2.05) is 31.2 Å². The summed E-state index contributed by atoms with van der Waals surface area (Å²) in [4.78, 5) is 18.1. The molecule has 0 saturated heterocycles. The number of aryl methyl sites for hydroxylation is 1. The number of hydrogen-bond acceptors (Lipinski definition) is 3. The van der Waals surface area contributed by atoms with E-state index >= 15 is 0 Å². The molecule has 1 heterocycles. The number of anilines is 1. The summed E-state index contributed by atoms with van der Waals surface area (Å²) in [6.07, 6.45) is 0. The van der Waals surface area contributed by atoms with Crippen LogP contribution in [0.5, 0.6) is 0 Å². The van der Waals surface area contributed by atoms with Gasteiger partial charge in [0.1, 0.15) is 0 Å². The first-order chi connectivity index (χ1) is 8.61. The Bertz CT molecular complexity index is 470. The zero-order valence-electron chi connectivity index (χ0n) is 10.8. The standard InChI is InChI=1S/C13H17N3OS/c1-9-4-6-11(7-5-9)16(12(17)14-3)13-15-8-10(2)18-13/h4-7,10H,8H2,1-3H3,(H,14,17). The van der Waals surface area contributed by atoms with Crippen molar-refractivity contribution in [3.05, 3.63) is 29.8 Å². The molecule has 0 spiro atoms. The van der Waals surface area contributed by atoms with Crippen LogP contribution in [0.1, 0.15) is 12.5 Å². The summed E-state index contributed by atoms with van der Waals surface area (Å²) in [6.45, 7) is 4.90. The molecule has 0 saturated carbocycles. The van der Waals surface area contributed by atoms with Gasteiger partial charge in [-0.25, -0.2) is 9.69 Å². The van der Waals surface area contributed by atoms with E-state index in [9.17, 15) is 4.79 Å². The molecule has 0 bridgehead atoms. The van der Waals surface area contributed by atoms with Crippen LogP contribution < -0.4 is 10.2 Å². The molecular weight excluding hydrogens is 246 g/mol.